The Morgan fingerprint density at radius 1 is 1.28 bits per heavy atom. The fourth-order valence-corrected chi connectivity index (χ4v) is 3.30. The first kappa shape index (κ1) is 20.4. The van der Waals surface area contributed by atoms with Crippen molar-refractivity contribution < 1.29 is 33.5 Å². The van der Waals surface area contributed by atoms with Crippen molar-refractivity contribution in [1.29, 1.82) is 0 Å². The van der Waals surface area contributed by atoms with Crippen LogP contribution in [0, 0.1) is 26.1 Å². The number of hydrogen-bond donors (Lipinski definition) is 2. The summed E-state index contributed by atoms with van der Waals surface area (Å²) in [6.45, 7) is -0.616. The van der Waals surface area contributed by atoms with Gasteiger partial charge in [-0.05, 0) is 0 Å². The maximum Gasteiger partial charge on any atom is 0.492 e. The van der Waals surface area contributed by atoms with Gasteiger partial charge in [0, 0.05) is 22.5 Å². The topological polar surface area (TPSA) is 190 Å². The lowest BCUT2D eigenvalue weighted by molar-refractivity contribution is -0.809. The van der Waals surface area contributed by atoms with Gasteiger partial charge in [0.25, 0.3) is 0 Å². The van der Waals surface area contributed by atoms with E-state index in [4.69, 9.17) is 5.11 Å². The van der Waals surface area contributed by atoms with E-state index in [9.17, 15) is 38.8 Å². The number of carboxylic acid groups (broad SMARTS) is 1. The molecule has 1 heterocycles. The highest BCUT2D eigenvalue weighted by Crippen LogP contribution is 2.25. The molecule has 0 spiro atoms. The van der Waals surface area contributed by atoms with Crippen LogP contribution in [0.2, 0.25) is 0 Å². The minimum Gasteiger partial charge on any atom is -0.480 e. The molecule has 2 N–H and O–H groups in total. The largest absolute Gasteiger partial charge is 0.492 e. The third-order valence-electron chi connectivity index (χ3n) is 3.50. The van der Waals surface area contributed by atoms with Crippen molar-refractivity contribution in [2.45, 2.75) is 12.6 Å². The van der Waals surface area contributed by atoms with Crippen molar-refractivity contribution in [3.8, 4) is 0 Å². The highest BCUT2D eigenvalue weighted by Gasteiger charge is 2.67. The van der Waals surface area contributed by atoms with Crippen LogP contribution in [-0.2, 0) is 25.2 Å². The molecule has 140 valence electrons. The minimum absolute atomic E-state index is 0.222. The molecule has 1 saturated heterocycles. The van der Waals surface area contributed by atoms with E-state index in [1.807, 2.05) is 0 Å². The molecule has 13 nitrogen and oxygen atoms in total. The normalized spacial score (nSPS) is 17.7. The van der Waals surface area contributed by atoms with Gasteiger partial charge in [-0.1, -0.05) is 6.92 Å². The van der Waals surface area contributed by atoms with Gasteiger partial charge in [-0.3, -0.25) is 38.8 Å². The number of carbonyl (C=O) groups is 3. The quantitative estimate of drug-likeness (QED) is 0.251. The number of likely N-dealkylation sites (tertiary alicyclic amines) is 1. The van der Waals surface area contributed by atoms with Crippen LogP contribution in [0.15, 0.2) is 0 Å². The Hall–Kier alpha value is -2.64. The van der Waals surface area contributed by atoms with Crippen molar-refractivity contribution in [1.82, 2.24) is 10.2 Å². The molecular formula is C11H16N4O9S. The first-order chi connectivity index (χ1) is 11.5. The van der Waals surface area contributed by atoms with Gasteiger partial charge in [0.15, 0.2) is 13.1 Å². The van der Waals surface area contributed by atoms with Crippen molar-refractivity contribution in [2.75, 3.05) is 31.1 Å². The molecule has 1 aliphatic rings. The Labute approximate surface area is 143 Å². The summed E-state index contributed by atoms with van der Waals surface area (Å²) in [6.07, 6.45) is 0. The molecule has 0 aromatic rings. The Morgan fingerprint density at radius 2 is 1.80 bits per heavy atom. The summed E-state index contributed by atoms with van der Waals surface area (Å²) >= 11 is 0. The Bertz CT molecular complexity index is 615. The van der Waals surface area contributed by atoms with Gasteiger partial charge in [0.05, 0.1) is 0 Å². The van der Waals surface area contributed by atoms with Crippen molar-refractivity contribution >= 4 is 28.6 Å². The molecule has 2 amide bonds. The fraction of sp³-hybridized carbons (Fsp3) is 0.727. The maximum atomic E-state index is 11.9. The van der Waals surface area contributed by atoms with Crippen LogP contribution in [0.4, 0.5) is 0 Å². The Kier molecular flexibility index (Phi) is 6.49. The second-order valence-electron chi connectivity index (χ2n) is 5.51. The molecule has 14 heteroatoms. The van der Waals surface area contributed by atoms with E-state index in [2.05, 4.69) is 5.32 Å². The molecule has 0 aromatic carbocycles. The average molecular weight is 380 g/mol. The summed E-state index contributed by atoms with van der Waals surface area (Å²) in [6, 6.07) is 0. The average Bonchev–Trinajstić information content (AvgIpc) is 2.42. The number of hydrogen-bond acceptors (Lipinski definition) is 8. The molecule has 0 bridgehead atoms. The van der Waals surface area contributed by atoms with Crippen LogP contribution < -0.4 is 5.32 Å². The maximum absolute atomic E-state index is 11.9. The number of carbonyl (C=O) groups excluding carboxylic acids is 2. The standard InChI is InChI=1S/C11H16N4O9S/c1-7(10(19)12-2-9(17)18)3-25(24)4-8(16)13-5-11(6-13,14(20)21)15(22)23/h7H,2-6H2,1H3,(H,12,19)(H,17,18)/t7-,25?/m0/s1. The smallest absolute Gasteiger partial charge is 0.480 e. The number of aliphatic carboxylic acids is 1. The summed E-state index contributed by atoms with van der Waals surface area (Å²) in [5.74, 6) is -4.22. The monoisotopic (exact) mass is 380 g/mol. The van der Waals surface area contributed by atoms with Gasteiger partial charge in [0.1, 0.15) is 22.1 Å². The van der Waals surface area contributed by atoms with Gasteiger partial charge >= 0.3 is 11.6 Å². The molecule has 25 heavy (non-hydrogen) atoms. The first-order valence-corrected chi connectivity index (χ1v) is 8.39. The zero-order valence-electron chi connectivity index (χ0n) is 13.1. The van der Waals surface area contributed by atoms with Crippen LogP contribution in [-0.4, -0.2) is 78.6 Å². The van der Waals surface area contributed by atoms with Crippen LogP contribution in [0.3, 0.4) is 0 Å². The van der Waals surface area contributed by atoms with Gasteiger partial charge < -0.3 is 15.3 Å². The lowest BCUT2D eigenvalue weighted by atomic mass is 10.0. The van der Waals surface area contributed by atoms with Crippen LogP contribution >= 0.6 is 0 Å². The van der Waals surface area contributed by atoms with E-state index in [-0.39, 0.29) is 5.75 Å². The molecule has 0 saturated carbocycles. The number of nitro groups is 2. The number of nitrogens with zero attached hydrogens (tertiary/aromatic N) is 3. The second kappa shape index (κ2) is 7.96. The molecule has 1 rings (SSSR count). The van der Waals surface area contributed by atoms with E-state index in [1.165, 1.54) is 6.92 Å². The van der Waals surface area contributed by atoms with Crippen molar-refractivity contribution in [3.63, 3.8) is 0 Å². The molecule has 0 radical (unpaired) electrons. The minimum atomic E-state index is -2.43. The predicted molar refractivity (Wildman–Crippen MR) is 81.0 cm³/mol. The second-order valence-corrected chi connectivity index (χ2v) is 7.01. The van der Waals surface area contributed by atoms with Gasteiger partial charge in [-0.15, -0.1) is 0 Å². The van der Waals surface area contributed by atoms with Crippen molar-refractivity contribution in [2.24, 2.45) is 5.92 Å². The highest BCUT2D eigenvalue weighted by molar-refractivity contribution is 7.85. The summed E-state index contributed by atoms with van der Waals surface area (Å²) < 4.78 is 11.9. The molecular weight excluding hydrogens is 364 g/mol. The number of carboxylic acids is 1. The molecule has 2 atom stereocenters. The van der Waals surface area contributed by atoms with Crippen molar-refractivity contribution in [3.05, 3.63) is 20.2 Å². The summed E-state index contributed by atoms with van der Waals surface area (Å²) in [5, 5.41) is 32.0. The van der Waals surface area contributed by atoms with Gasteiger partial charge in [0.2, 0.25) is 11.8 Å². The van der Waals surface area contributed by atoms with E-state index >= 15 is 0 Å². The van der Waals surface area contributed by atoms with E-state index in [0.717, 1.165) is 4.90 Å². The molecule has 1 fully saturated rings. The van der Waals surface area contributed by atoms with E-state index < -0.39 is 75.4 Å². The number of rotatable bonds is 9. The van der Waals surface area contributed by atoms with E-state index in [0.29, 0.717) is 0 Å². The van der Waals surface area contributed by atoms with Gasteiger partial charge in [-0.2, -0.15) is 0 Å². The molecule has 0 aliphatic carbocycles. The lowest BCUT2D eigenvalue weighted by Gasteiger charge is -2.35. The van der Waals surface area contributed by atoms with Crippen LogP contribution in [0.1, 0.15) is 6.92 Å². The Morgan fingerprint density at radius 3 is 2.24 bits per heavy atom. The molecule has 0 aromatic heterocycles. The van der Waals surface area contributed by atoms with E-state index in [1.54, 1.807) is 0 Å². The SMILES string of the molecule is C[C@@H](CS(=O)CC(=O)N1CC([N+](=O)[O-])([N+](=O)[O-])C1)C(=O)NCC(=O)O. The molecule has 1 aliphatic heterocycles. The predicted octanol–water partition coefficient (Wildman–Crippen LogP) is -2.34. The van der Waals surface area contributed by atoms with Crippen LogP contribution in [0.5, 0.6) is 0 Å². The third kappa shape index (κ3) is 4.91. The fourth-order valence-electron chi connectivity index (χ4n) is 2.02. The number of nitrogens with one attached hydrogen (secondary N) is 1. The summed E-state index contributed by atoms with van der Waals surface area (Å²) in [5.41, 5.74) is -2.43. The molecule has 1 unspecified atom stereocenters. The zero-order chi connectivity index (χ0) is 19.4. The summed E-state index contributed by atoms with van der Waals surface area (Å²) in [4.78, 5) is 53.9. The van der Waals surface area contributed by atoms with Gasteiger partial charge in [-0.25, -0.2) is 0 Å². The zero-order valence-corrected chi connectivity index (χ0v) is 13.9. The van der Waals surface area contributed by atoms with Crippen LogP contribution in [0.25, 0.3) is 0 Å². The number of amides is 2. The Balaban J connectivity index is 2.47. The highest BCUT2D eigenvalue weighted by atomic mass is 32.2. The first-order valence-electron chi connectivity index (χ1n) is 6.91. The lowest BCUT2D eigenvalue weighted by Crippen LogP contribution is -2.71. The summed E-state index contributed by atoms with van der Waals surface area (Å²) in [7, 11) is -1.79. The third-order valence-corrected chi connectivity index (χ3v) is 4.94.